The number of methoxy groups -OCH3 is 1. The highest BCUT2D eigenvalue weighted by atomic mass is 32.2. The molecule has 1 fully saturated rings. The van der Waals surface area contributed by atoms with Gasteiger partial charge >= 0.3 is 0 Å². The molecule has 1 aliphatic heterocycles. The lowest BCUT2D eigenvalue weighted by atomic mass is 10.0. The van der Waals surface area contributed by atoms with Crippen LogP contribution in [-0.4, -0.2) is 51.5 Å². The van der Waals surface area contributed by atoms with Gasteiger partial charge in [-0.3, -0.25) is 9.36 Å². The number of ether oxygens (including phenoxy) is 1. The van der Waals surface area contributed by atoms with Crippen molar-refractivity contribution in [2.24, 2.45) is 5.92 Å². The van der Waals surface area contributed by atoms with Gasteiger partial charge in [0.15, 0.2) is 5.16 Å². The lowest BCUT2D eigenvalue weighted by molar-refractivity contribution is -0.130. The van der Waals surface area contributed by atoms with E-state index in [1.807, 2.05) is 33.7 Å². The van der Waals surface area contributed by atoms with Crippen LogP contribution in [0.25, 0.3) is 5.69 Å². The van der Waals surface area contributed by atoms with Gasteiger partial charge in [-0.25, -0.2) is 0 Å². The minimum Gasteiger partial charge on any atom is -0.497 e. The zero-order valence-electron chi connectivity index (χ0n) is 14.0. The fourth-order valence-electron chi connectivity index (χ4n) is 2.88. The van der Waals surface area contributed by atoms with E-state index >= 15 is 0 Å². The fraction of sp³-hybridized carbons (Fsp3) is 0.471. The number of aromatic nitrogens is 3. The minimum atomic E-state index is 0.177. The molecular formula is C17H22N4O2S. The summed E-state index contributed by atoms with van der Waals surface area (Å²) in [5, 5.41) is 8.84. The Bertz CT molecular complexity index is 686. The number of hydrogen-bond donors (Lipinski definition) is 0. The number of piperidine rings is 1. The normalized spacial score (nSPS) is 17.8. The summed E-state index contributed by atoms with van der Waals surface area (Å²) in [7, 11) is 1.64. The van der Waals surface area contributed by atoms with Crippen LogP contribution in [0.15, 0.2) is 35.7 Å². The van der Waals surface area contributed by atoms with Crippen LogP contribution in [0.5, 0.6) is 5.75 Å². The van der Waals surface area contributed by atoms with Crippen LogP contribution >= 0.6 is 11.8 Å². The second-order valence-corrected chi connectivity index (χ2v) is 7.00. The molecule has 1 atom stereocenters. The maximum absolute atomic E-state index is 12.4. The highest BCUT2D eigenvalue weighted by Gasteiger charge is 2.21. The van der Waals surface area contributed by atoms with Crippen LogP contribution in [0.1, 0.15) is 19.8 Å². The van der Waals surface area contributed by atoms with Crippen LogP contribution in [0.4, 0.5) is 0 Å². The highest BCUT2D eigenvalue weighted by molar-refractivity contribution is 7.99. The first kappa shape index (κ1) is 16.8. The van der Waals surface area contributed by atoms with E-state index in [2.05, 4.69) is 17.1 Å². The number of hydrogen-bond acceptors (Lipinski definition) is 5. The van der Waals surface area contributed by atoms with E-state index in [0.29, 0.717) is 11.7 Å². The largest absolute Gasteiger partial charge is 0.497 e. The molecule has 0 N–H and O–H groups in total. The van der Waals surface area contributed by atoms with Crippen molar-refractivity contribution in [3.63, 3.8) is 0 Å². The Morgan fingerprint density at radius 2 is 2.17 bits per heavy atom. The molecule has 128 valence electrons. The molecule has 24 heavy (non-hydrogen) atoms. The Labute approximate surface area is 146 Å². The molecule has 1 amide bonds. The minimum absolute atomic E-state index is 0.177. The van der Waals surface area contributed by atoms with Crippen molar-refractivity contribution in [1.29, 1.82) is 0 Å². The number of thioether (sulfide) groups is 1. The predicted molar refractivity (Wildman–Crippen MR) is 93.6 cm³/mol. The van der Waals surface area contributed by atoms with Crippen LogP contribution < -0.4 is 4.74 Å². The van der Waals surface area contributed by atoms with Gasteiger partial charge in [-0.15, -0.1) is 10.2 Å². The van der Waals surface area contributed by atoms with Crippen molar-refractivity contribution in [3.05, 3.63) is 30.6 Å². The zero-order valence-corrected chi connectivity index (χ0v) is 14.8. The van der Waals surface area contributed by atoms with Crippen LogP contribution in [0.3, 0.4) is 0 Å². The maximum atomic E-state index is 12.4. The first-order chi connectivity index (χ1) is 11.7. The number of nitrogens with zero attached hydrogens (tertiary/aromatic N) is 4. The summed E-state index contributed by atoms with van der Waals surface area (Å²) in [6, 6.07) is 7.68. The number of amides is 1. The predicted octanol–water partition coefficient (Wildman–Crippen LogP) is 2.63. The molecule has 1 saturated heterocycles. The standard InChI is InChI=1S/C17H22N4O2S/c1-13-4-3-9-20(10-13)16(22)11-24-17-19-18-12-21(17)14-5-7-15(23-2)8-6-14/h5-8,12-13H,3-4,9-11H2,1-2H3/t13-/m0/s1. The quantitative estimate of drug-likeness (QED) is 0.779. The van der Waals surface area contributed by atoms with Gasteiger partial charge in [-0.2, -0.15) is 0 Å². The lowest BCUT2D eigenvalue weighted by Gasteiger charge is -2.30. The molecule has 0 aliphatic carbocycles. The van der Waals surface area contributed by atoms with Crippen molar-refractivity contribution in [2.75, 3.05) is 26.0 Å². The first-order valence-electron chi connectivity index (χ1n) is 8.12. The average molecular weight is 346 g/mol. The van der Waals surface area contributed by atoms with Gasteiger partial charge in [0, 0.05) is 18.8 Å². The Balaban J connectivity index is 1.64. The van der Waals surface area contributed by atoms with Crippen molar-refractivity contribution in [2.45, 2.75) is 24.9 Å². The molecule has 0 saturated carbocycles. The lowest BCUT2D eigenvalue weighted by Crippen LogP contribution is -2.40. The molecule has 0 radical (unpaired) electrons. The van der Waals surface area contributed by atoms with Gasteiger partial charge < -0.3 is 9.64 Å². The summed E-state index contributed by atoms with van der Waals surface area (Å²) >= 11 is 1.43. The van der Waals surface area contributed by atoms with Gasteiger partial charge in [0.1, 0.15) is 12.1 Å². The molecule has 1 aromatic heterocycles. The Kier molecular flexibility index (Phi) is 5.40. The fourth-order valence-corrected chi connectivity index (χ4v) is 3.71. The molecule has 0 spiro atoms. The number of rotatable bonds is 5. The molecule has 7 heteroatoms. The summed E-state index contributed by atoms with van der Waals surface area (Å²) in [6.07, 6.45) is 3.97. The van der Waals surface area contributed by atoms with Gasteiger partial charge in [0.2, 0.25) is 5.91 Å². The van der Waals surface area contributed by atoms with Gasteiger partial charge in [-0.1, -0.05) is 18.7 Å². The van der Waals surface area contributed by atoms with E-state index in [4.69, 9.17) is 4.74 Å². The van der Waals surface area contributed by atoms with E-state index in [-0.39, 0.29) is 5.91 Å². The number of carbonyl (C=O) groups is 1. The van der Waals surface area contributed by atoms with E-state index in [9.17, 15) is 4.79 Å². The molecule has 0 unspecified atom stereocenters. The second-order valence-electron chi connectivity index (χ2n) is 6.06. The third-order valence-corrected chi connectivity index (χ3v) is 5.13. The summed E-state index contributed by atoms with van der Waals surface area (Å²) < 4.78 is 7.06. The zero-order chi connectivity index (χ0) is 16.9. The molecule has 2 heterocycles. The highest BCUT2D eigenvalue weighted by Crippen LogP contribution is 2.23. The second kappa shape index (κ2) is 7.70. The Morgan fingerprint density at radius 3 is 2.88 bits per heavy atom. The summed E-state index contributed by atoms with van der Waals surface area (Å²) in [4.78, 5) is 14.4. The van der Waals surface area contributed by atoms with Gasteiger partial charge in [-0.05, 0) is 43.0 Å². The Hall–Kier alpha value is -2.02. The van der Waals surface area contributed by atoms with Crippen molar-refractivity contribution in [3.8, 4) is 11.4 Å². The van der Waals surface area contributed by atoms with Crippen LogP contribution in [0.2, 0.25) is 0 Å². The third kappa shape index (κ3) is 3.90. The first-order valence-corrected chi connectivity index (χ1v) is 9.11. The van der Waals surface area contributed by atoms with E-state index in [1.165, 1.54) is 18.2 Å². The van der Waals surface area contributed by atoms with E-state index in [0.717, 1.165) is 36.1 Å². The summed E-state index contributed by atoms with van der Waals surface area (Å²) in [5.74, 6) is 1.96. The molecule has 1 aromatic carbocycles. The van der Waals surface area contributed by atoms with Crippen LogP contribution in [-0.2, 0) is 4.79 Å². The van der Waals surface area contributed by atoms with Crippen molar-refractivity contribution >= 4 is 17.7 Å². The van der Waals surface area contributed by atoms with Gasteiger partial charge in [0.25, 0.3) is 0 Å². The Morgan fingerprint density at radius 1 is 1.38 bits per heavy atom. The number of carbonyl (C=O) groups excluding carboxylic acids is 1. The smallest absolute Gasteiger partial charge is 0.233 e. The molecule has 0 bridgehead atoms. The van der Waals surface area contributed by atoms with E-state index in [1.54, 1.807) is 13.4 Å². The maximum Gasteiger partial charge on any atom is 0.233 e. The van der Waals surface area contributed by atoms with E-state index < -0.39 is 0 Å². The third-order valence-electron chi connectivity index (χ3n) is 4.20. The number of benzene rings is 1. The SMILES string of the molecule is COc1ccc(-n2cnnc2SCC(=O)N2CCC[C@H](C)C2)cc1. The summed E-state index contributed by atoms with van der Waals surface area (Å²) in [5.41, 5.74) is 0.947. The van der Waals surface area contributed by atoms with Crippen molar-refractivity contribution < 1.29 is 9.53 Å². The molecule has 3 rings (SSSR count). The molecule has 1 aliphatic rings. The van der Waals surface area contributed by atoms with Crippen molar-refractivity contribution in [1.82, 2.24) is 19.7 Å². The average Bonchev–Trinajstić information content (AvgIpc) is 3.08. The molecule has 6 nitrogen and oxygen atoms in total. The number of likely N-dealkylation sites (tertiary alicyclic amines) is 1. The monoisotopic (exact) mass is 346 g/mol. The van der Waals surface area contributed by atoms with Crippen LogP contribution in [0, 0.1) is 5.92 Å². The van der Waals surface area contributed by atoms with Gasteiger partial charge in [0.05, 0.1) is 12.9 Å². The molecular weight excluding hydrogens is 324 g/mol. The molecule has 2 aromatic rings. The topological polar surface area (TPSA) is 60.2 Å². The summed E-state index contributed by atoms with van der Waals surface area (Å²) in [6.45, 7) is 3.94.